The highest BCUT2D eigenvalue weighted by Gasteiger charge is 2.28. The summed E-state index contributed by atoms with van der Waals surface area (Å²) in [5, 5.41) is 7.08. The zero-order valence-corrected chi connectivity index (χ0v) is 14.5. The van der Waals surface area contributed by atoms with Gasteiger partial charge in [-0.15, -0.1) is 0 Å². The predicted molar refractivity (Wildman–Crippen MR) is 95.7 cm³/mol. The van der Waals surface area contributed by atoms with E-state index in [1.807, 2.05) is 30.3 Å². The molecule has 0 aliphatic carbocycles. The van der Waals surface area contributed by atoms with Crippen molar-refractivity contribution in [2.75, 3.05) is 18.4 Å². The van der Waals surface area contributed by atoms with Crippen LogP contribution >= 0.6 is 0 Å². The molecule has 0 bridgehead atoms. The summed E-state index contributed by atoms with van der Waals surface area (Å²) in [5.41, 5.74) is 6.32. The Morgan fingerprint density at radius 3 is 2.38 bits per heavy atom. The number of carbonyl (C=O) groups excluding carboxylic acids is 3. The molecule has 1 aromatic carbocycles. The number of carbonyl (C=O) groups is 3. The summed E-state index contributed by atoms with van der Waals surface area (Å²) in [6, 6.07) is 10.8. The standard InChI is InChI=1S/C18H21N5O3/c1-12(24)20-16-11-15(21-23(16)14-5-3-2-4-6-14)18(26)22-9-7-13(8-10-22)17(19)25/h2-6,11,13H,7-10H2,1H3,(H2,19,25)(H,20,24). The van der Waals surface area contributed by atoms with Crippen LogP contribution in [0.5, 0.6) is 0 Å². The number of nitrogens with two attached hydrogens (primary N) is 1. The topological polar surface area (TPSA) is 110 Å². The average Bonchev–Trinajstić information content (AvgIpc) is 3.05. The summed E-state index contributed by atoms with van der Waals surface area (Å²) in [6.07, 6.45) is 1.11. The second-order valence-corrected chi connectivity index (χ2v) is 6.31. The lowest BCUT2D eigenvalue weighted by molar-refractivity contribution is -0.123. The van der Waals surface area contributed by atoms with Crippen LogP contribution in [-0.2, 0) is 9.59 Å². The van der Waals surface area contributed by atoms with Crippen molar-refractivity contribution < 1.29 is 14.4 Å². The number of hydrogen-bond acceptors (Lipinski definition) is 4. The molecule has 1 aliphatic rings. The first kappa shape index (κ1) is 17.7. The Hall–Kier alpha value is -3.16. The van der Waals surface area contributed by atoms with Gasteiger partial charge in [0.15, 0.2) is 5.69 Å². The molecule has 0 spiro atoms. The van der Waals surface area contributed by atoms with Gasteiger partial charge in [-0.2, -0.15) is 5.10 Å². The fourth-order valence-electron chi connectivity index (χ4n) is 3.05. The van der Waals surface area contributed by atoms with Crippen molar-refractivity contribution in [2.24, 2.45) is 11.7 Å². The van der Waals surface area contributed by atoms with Crippen LogP contribution in [0.1, 0.15) is 30.3 Å². The first-order valence-corrected chi connectivity index (χ1v) is 8.47. The zero-order valence-electron chi connectivity index (χ0n) is 14.5. The van der Waals surface area contributed by atoms with E-state index in [-0.39, 0.29) is 29.3 Å². The minimum Gasteiger partial charge on any atom is -0.369 e. The second-order valence-electron chi connectivity index (χ2n) is 6.31. The molecular weight excluding hydrogens is 334 g/mol. The quantitative estimate of drug-likeness (QED) is 0.857. The summed E-state index contributed by atoms with van der Waals surface area (Å²) < 4.78 is 1.53. The molecule has 0 atom stereocenters. The molecule has 0 radical (unpaired) electrons. The molecule has 3 rings (SSSR count). The van der Waals surface area contributed by atoms with Gasteiger partial charge in [0, 0.05) is 32.0 Å². The number of nitrogens with one attached hydrogen (secondary N) is 1. The molecule has 3 N–H and O–H groups in total. The smallest absolute Gasteiger partial charge is 0.274 e. The highest BCUT2D eigenvalue weighted by molar-refractivity contribution is 5.95. The van der Waals surface area contributed by atoms with Crippen LogP contribution in [0.25, 0.3) is 5.69 Å². The van der Waals surface area contributed by atoms with Crippen molar-refractivity contribution in [1.82, 2.24) is 14.7 Å². The van der Waals surface area contributed by atoms with Crippen LogP contribution in [0.3, 0.4) is 0 Å². The van der Waals surface area contributed by atoms with E-state index in [0.717, 1.165) is 5.69 Å². The van der Waals surface area contributed by atoms with Crippen LogP contribution < -0.4 is 11.1 Å². The first-order chi connectivity index (χ1) is 12.5. The number of amides is 3. The van der Waals surface area contributed by atoms with Gasteiger partial charge in [-0.05, 0) is 25.0 Å². The number of rotatable bonds is 4. The van der Waals surface area contributed by atoms with Gasteiger partial charge in [0.2, 0.25) is 11.8 Å². The SMILES string of the molecule is CC(=O)Nc1cc(C(=O)N2CCC(C(N)=O)CC2)nn1-c1ccccc1. The van der Waals surface area contributed by atoms with Crippen molar-refractivity contribution in [3.8, 4) is 5.69 Å². The Morgan fingerprint density at radius 1 is 1.15 bits per heavy atom. The van der Waals surface area contributed by atoms with E-state index in [1.54, 1.807) is 11.0 Å². The molecule has 2 aromatic rings. The summed E-state index contributed by atoms with van der Waals surface area (Å²) in [7, 11) is 0. The monoisotopic (exact) mass is 355 g/mol. The highest BCUT2D eigenvalue weighted by atomic mass is 16.2. The molecule has 0 unspecified atom stereocenters. The van der Waals surface area contributed by atoms with E-state index in [0.29, 0.717) is 31.7 Å². The summed E-state index contributed by atoms with van der Waals surface area (Å²) >= 11 is 0. The Morgan fingerprint density at radius 2 is 1.81 bits per heavy atom. The molecule has 2 heterocycles. The van der Waals surface area contributed by atoms with Gasteiger partial charge < -0.3 is 16.0 Å². The van der Waals surface area contributed by atoms with E-state index in [1.165, 1.54) is 11.6 Å². The average molecular weight is 355 g/mol. The number of aromatic nitrogens is 2. The maximum absolute atomic E-state index is 12.8. The number of piperidine rings is 1. The normalized spacial score (nSPS) is 14.9. The van der Waals surface area contributed by atoms with Gasteiger partial charge in [-0.1, -0.05) is 18.2 Å². The van der Waals surface area contributed by atoms with Crippen LogP contribution in [0.4, 0.5) is 5.82 Å². The van der Waals surface area contributed by atoms with Gasteiger partial charge in [0.1, 0.15) is 5.82 Å². The molecule has 8 heteroatoms. The minimum atomic E-state index is -0.321. The molecule has 1 aliphatic heterocycles. The third-order valence-corrected chi connectivity index (χ3v) is 4.42. The van der Waals surface area contributed by atoms with E-state index in [9.17, 15) is 14.4 Å². The van der Waals surface area contributed by atoms with Crippen LogP contribution in [0, 0.1) is 5.92 Å². The van der Waals surface area contributed by atoms with Crippen molar-refractivity contribution >= 4 is 23.5 Å². The summed E-state index contributed by atoms with van der Waals surface area (Å²) in [4.78, 5) is 37.2. The predicted octanol–water partition coefficient (Wildman–Crippen LogP) is 1.17. The Balaban J connectivity index is 1.84. The van der Waals surface area contributed by atoms with Crippen molar-refractivity contribution in [2.45, 2.75) is 19.8 Å². The number of nitrogens with zero attached hydrogens (tertiary/aromatic N) is 3. The second kappa shape index (κ2) is 7.38. The van der Waals surface area contributed by atoms with Crippen LogP contribution in [-0.4, -0.2) is 45.5 Å². The highest BCUT2D eigenvalue weighted by Crippen LogP contribution is 2.21. The lowest BCUT2D eigenvalue weighted by Crippen LogP contribution is -2.41. The molecule has 1 saturated heterocycles. The van der Waals surface area contributed by atoms with Crippen LogP contribution in [0.2, 0.25) is 0 Å². The molecule has 1 fully saturated rings. The number of para-hydroxylation sites is 1. The van der Waals surface area contributed by atoms with Gasteiger partial charge in [0.25, 0.3) is 5.91 Å². The molecule has 26 heavy (non-hydrogen) atoms. The molecule has 8 nitrogen and oxygen atoms in total. The van der Waals surface area contributed by atoms with Crippen molar-refractivity contribution in [3.63, 3.8) is 0 Å². The fraction of sp³-hybridized carbons (Fsp3) is 0.333. The third-order valence-electron chi connectivity index (χ3n) is 4.42. The first-order valence-electron chi connectivity index (χ1n) is 8.47. The van der Waals surface area contributed by atoms with Crippen molar-refractivity contribution in [3.05, 3.63) is 42.1 Å². The fourth-order valence-corrected chi connectivity index (χ4v) is 3.05. The minimum absolute atomic E-state index is 0.184. The van der Waals surface area contributed by atoms with E-state index < -0.39 is 0 Å². The molecular formula is C18H21N5O3. The zero-order chi connectivity index (χ0) is 18.7. The lowest BCUT2D eigenvalue weighted by atomic mass is 9.96. The van der Waals surface area contributed by atoms with Gasteiger partial charge in [0.05, 0.1) is 5.69 Å². The third kappa shape index (κ3) is 3.74. The number of likely N-dealkylation sites (tertiary alicyclic amines) is 1. The van der Waals surface area contributed by atoms with E-state index in [2.05, 4.69) is 10.4 Å². The maximum Gasteiger partial charge on any atom is 0.274 e. The lowest BCUT2D eigenvalue weighted by Gasteiger charge is -2.29. The Labute approximate surface area is 151 Å². The Kier molecular flexibility index (Phi) is 5.01. The molecule has 1 aromatic heterocycles. The molecule has 0 saturated carbocycles. The molecule has 136 valence electrons. The summed E-state index contributed by atoms with van der Waals surface area (Å²) in [6.45, 7) is 2.32. The van der Waals surface area contributed by atoms with Gasteiger partial charge >= 0.3 is 0 Å². The Bertz CT molecular complexity index is 823. The van der Waals surface area contributed by atoms with Gasteiger partial charge in [-0.3, -0.25) is 14.4 Å². The van der Waals surface area contributed by atoms with Crippen molar-refractivity contribution in [1.29, 1.82) is 0 Å². The molecule has 3 amide bonds. The number of benzene rings is 1. The van der Waals surface area contributed by atoms with Crippen LogP contribution in [0.15, 0.2) is 36.4 Å². The maximum atomic E-state index is 12.8. The van der Waals surface area contributed by atoms with E-state index >= 15 is 0 Å². The number of anilines is 1. The summed E-state index contributed by atoms with van der Waals surface area (Å²) in [5.74, 6) is -0.550. The van der Waals surface area contributed by atoms with E-state index in [4.69, 9.17) is 5.73 Å². The largest absolute Gasteiger partial charge is 0.369 e. The number of primary amides is 1. The van der Waals surface area contributed by atoms with Gasteiger partial charge in [-0.25, -0.2) is 4.68 Å². The number of hydrogen-bond donors (Lipinski definition) is 2.